The largest absolute Gasteiger partial charge is 0.458 e. The van der Waals surface area contributed by atoms with E-state index in [1.165, 1.54) is 13.2 Å². The molecule has 0 aromatic carbocycles. The van der Waals surface area contributed by atoms with E-state index in [-0.39, 0.29) is 41.8 Å². The summed E-state index contributed by atoms with van der Waals surface area (Å²) in [4.78, 5) is 12.0. The van der Waals surface area contributed by atoms with E-state index in [1.807, 2.05) is 0 Å². The van der Waals surface area contributed by atoms with Crippen molar-refractivity contribution >= 4 is 5.97 Å². The molecule has 0 bridgehead atoms. The number of aliphatic hydroxyl groups excluding tert-OH is 8. The van der Waals surface area contributed by atoms with Gasteiger partial charge in [-0.1, -0.05) is 13.8 Å². The van der Waals surface area contributed by atoms with Gasteiger partial charge in [0.1, 0.15) is 61.5 Å². The molecule has 0 unspecified atom stereocenters. The first-order chi connectivity index (χ1) is 28.4. The van der Waals surface area contributed by atoms with E-state index in [0.717, 1.165) is 50.5 Å². The molecule has 60 heavy (non-hydrogen) atoms. The van der Waals surface area contributed by atoms with Gasteiger partial charge < -0.3 is 83.9 Å². The lowest BCUT2D eigenvalue weighted by atomic mass is 9.43. The summed E-state index contributed by atoms with van der Waals surface area (Å²) < 4.78 is 47.1. The zero-order valence-electron chi connectivity index (χ0n) is 34.8. The maximum atomic E-state index is 12.6. The highest BCUT2D eigenvalue weighted by molar-refractivity contribution is 5.85. The first kappa shape index (κ1) is 45.1. The second-order valence-electron chi connectivity index (χ2n) is 19.4. The summed E-state index contributed by atoms with van der Waals surface area (Å²) in [6.45, 7) is 5.28. The van der Waals surface area contributed by atoms with Gasteiger partial charge in [-0.15, -0.1) is 0 Å². The smallest absolute Gasteiger partial charge is 0.331 e. The molecule has 8 aliphatic rings. The van der Waals surface area contributed by atoms with Crippen LogP contribution >= 0.6 is 0 Å². The van der Waals surface area contributed by atoms with Crippen LogP contribution in [-0.2, 0) is 42.7 Å². The van der Waals surface area contributed by atoms with Crippen molar-refractivity contribution in [3.8, 4) is 0 Å². The number of aliphatic hydroxyl groups is 9. The number of fused-ring (bicyclic) bond motifs is 5. The minimum Gasteiger partial charge on any atom is -0.458 e. The predicted octanol–water partition coefficient (Wildman–Crippen LogP) is -1.24. The van der Waals surface area contributed by atoms with Crippen LogP contribution in [0.3, 0.4) is 0 Å². The fourth-order valence-electron chi connectivity index (χ4n) is 13.0. The van der Waals surface area contributed by atoms with Crippen LogP contribution in [0.4, 0.5) is 0 Å². The third kappa shape index (κ3) is 7.60. The van der Waals surface area contributed by atoms with E-state index in [4.69, 9.17) is 37.9 Å². The highest BCUT2D eigenvalue weighted by Gasteiger charge is 2.70. The van der Waals surface area contributed by atoms with Crippen molar-refractivity contribution in [3.63, 3.8) is 0 Å². The second kappa shape index (κ2) is 17.2. The molecule has 0 radical (unpaired) electrons. The van der Waals surface area contributed by atoms with E-state index in [0.29, 0.717) is 18.8 Å². The van der Waals surface area contributed by atoms with Gasteiger partial charge in [-0.2, -0.15) is 0 Å². The summed E-state index contributed by atoms with van der Waals surface area (Å²) in [6, 6.07) is 0. The average molecular weight is 859 g/mol. The second-order valence-corrected chi connectivity index (χ2v) is 19.4. The Balaban J connectivity index is 0.863. The zero-order chi connectivity index (χ0) is 43.1. The molecule has 4 saturated carbocycles. The Hall–Kier alpha value is -1.43. The van der Waals surface area contributed by atoms with E-state index in [2.05, 4.69) is 13.8 Å². The maximum Gasteiger partial charge on any atom is 0.331 e. The Labute approximate surface area is 349 Å². The molecular formula is C42H66O18. The summed E-state index contributed by atoms with van der Waals surface area (Å²) in [5.74, 6) is -0.00189. The standard InChI is InChI=1S/C42H66O18/c1-18-37(60-39-36(51)34(49)32(47)27(59-39)17-55-38-35(50)33(48)31(46)26(15-43)58-38)25(53-4)13-29(56-18)57-21-7-9-40(2)20(12-21)5-6-23-22(40)8-10-41(3)30(19-11-28(45)54-16-19)24(44)14-42(23,41)52/h11,18,20-27,29-39,43-44,46-52H,5-10,12-17H2,1-4H3/t18-,20-,21+,22+,23+,24+,25-,26-,27+,29+,30+,31+,32+,33-,34-,35+,36+,37-,38-,39-,40-,41-,42+/m1/s1. The molecule has 3 saturated heterocycles. The number of hydrogen-bond donors (Lipinski definition) is 9. The molecule has 23 atom stereocenters. The molecule has 342 valence electrons. The number of hydrogen-bond acceptors (Lipinski definition) is 18. The molecule has 9 N–H and O–H groups in total. The van der Waals surface area contributed by atoms with Gasteiger partial charge in [-0.25, -0.2) is 4.79 Å². The van der Waals surface area contributed by atoms with Gasteiger partial charge in [0, 0.05) is 37.4 Å². The number of esters is 1. The molecule has 18 heteroatoms. The maximum absolute atomic E-state index is 12.6. The summed E-state index contributed by atoms with van der Waals surface area (Å²) >= 11 is 0. The zero-order valence-corrected chi connectivity index (χ0v) is 34.8. The summed E-state index contributed by atoms with van der Waals surface area (Å²) in [5.41, 5.74) is -0.825. The molecular weight excluding hydrogens is 792 g/mol. The predicted molar refractivity (Wildman–Crippen MR) is 203 cm³/mol. The highest BCUT2D eigenvalue weighted by Crippen LogP contribution is 2.70. The van der Waals surface area contributed by atoms with Crippen LogP contribution in [0.15, 0.2) is 11.6 Å². The third-order valence-corrected chi connectivity index (χ3v) is 16.4. The van der Waals surface area contributed by atoms with Crippen LogP contribution in [-0.4, -0.2) is 183 Å². The van der Waals surface area contributed by atoms with E-state index in [1.54, 1.807) is 6.92 Å². The Morgan fingerprint density at radius 3 is 2.18 bits per heavy atom. The fourth-order valence-corrected chi connectivity index (χ4v) is 13.0. The Morgan fingerprint density at radius 1 is 0.800 bits per heavy atom. The minimum absolute atomic E-state index is 0.0139. The van der Waals surface area contributed by atoms with Crippen LogP contribution in [0.1, 0.15) is 78.6 Å². The molecule has 4 aliphatic carbocycles. The van der Waals surface area contributed by atoms with Crippen LogP contribution in [0, 0.1) is 34.5 Å². The van der Waals surface area contributed by atoms with Gasteiger partial charge in [-0.3, -0.25) is 0 Å². The SMILES string of the molecule is CO[C@@H]1C[C@H](O[C@H]2CC[C@]3(C)[C@H](CC[C@H]4[C@@H]3CC[C@]3(C)[C@@H](C5=CC(=O)OC5)[C@@H](O)C[C@]43O)C2)O[C@H](C)[C@H]1O[C@H]1O[C@@H](CO[C@@H]2O[C@H](CO)[C@H](O)[C@@H](O)[C@@H]2O)[C@H](O)[C@@H](O)[C@@H]1O. The number of rotatable bonds is 10. The van der Waals surface area contributed by atoms with Crippen molar-refractivity contribution in [2.75, 3.05) is 26.9 Å². The van der Waals surface area contributed by atoms with Gasteiger partial charge in [0.2, 0.25) is 0 Å². The number of methoxy groups -OCH3 is 1. The molecule has 4 heterocycles. The first-order valence-corrected chi connectivity index (χ1v) is 21.8. The number of carbonyl (C=O) groups is 1. The molecule has 18 nitrogen and oxygen atoms in total. The Bertz CT molecular complexity index is 1570. The molecule has 0 amide bonds. The monoisotopic (exact) mass is 858 g/mol. The topological polar surface area (TPSA) is 273 Å². The van der Waals surface area contributed by atoms with E-state index in [9.17, 15) is 50.8 Å². The number of cyclic esters (lactones) is 1. The third-order valence-electron chi connectivity index (χ3n) is 16.4. The quantitative estimate of drug-likeness (QED) is 0.0918. The van der Waals surface area contributed by atoms with Crippen LogP contribution in [0.25, 0.3) is 0 Å². The van der Waals surface area contributed by atoms with E-state index < -0.39 is 116 Å². The lowest BCUT2D eigenvalue weighted by molar-refractivity contribution is -0.355. The molecule has 8 rings (SSSR count). The summed E-state index contributed by atoms with van der Waals surface area (Å²) in [5, 5.41) is 96.4. The van der Waals surface area contributed by atoms with Crippen molar-refractivity contribution in [2.45, 2.75) is 182 Å². The fraction of sp³-hybridized carbons (Fsp3) is 0.929. The highest BCUT2D eigenvalue weighted by atomic mass is 16.8. The minimum atomic E-state index is -1.71. The van der Waals surface area contributed by atoms with E-state index >= 15 is 0 Å². The van der Waals surface area contributed by atoms with Gasteiger partial charge >= 0.3 is 5.97 Å². The van der Waals surface area contributed by atoms with Crippen molar-refractivity contribution < 1.29 is 88.6 Å². The summed E-state index contributed by atoms with van der Waals surface area (Å²) in [6.07, 6.45) is -10.7. The van der Waals surface area contributed by atoms with Gasteiger partial charge in [0.05, 0.1) is 43.2 Å². The molecule has 0 aromatic heterocycles. The lowest BCUT2D eigenvalue weighted by Crippen LogP contribution is -2.63. The molecule has 4 aliphatic heterocycles. The van der Waals surface area contributed by atoms with Crippen LogP contribution in [0.2, 0.25) is 0 Å². The Kier molecular flexibility index (Phi) is 12.9. The van der Waals surface area contributed by atoms with Crippen molar-refractivity contribution in [3.05, 3.63) is 11.6 Å². The van der Waals surface area contributed by atoms with Crippen LogP contribution in [0.5, 0.6) is 0 Å². The van der Waals surface area contributed by atoms with Crippen molar-refractivity contribution in [2.24, 2.45) is 34.5 Å². The van der Waals surface area contributed by atoms with Crippen LogP contribution < -0.4 is 0 Å². The molecule has 0 aromatic rings. The first-order valence-electron chi connectivity index (χ1n) is 21.8. The molecule has 0 spiro atoms. The normalized spacial score (nSPS) is 54.4. The summed E-state index contributed by atoms with van der Waals surface area (Å²) in [7, 11) is 1.53. The van der Waals surface area contributed by atoms with Crippen molar-refractivity contribution in [1.82, 2.24) is 0 Å². The van der Waals surface area contributed by atoms with Crippen molar-refractivity contribution in [1.29, 1.82) is 0 Å². The number of carbonyl (C=O) groups excluding carboxylic acids is 1. The number of ether oxygens (including phenoxy) is 8. The van der Waals surface area contributed by atoms with Gasteiger partial charge in [-0.05, 0) is 80.6 Å². The van der Waals surface area contributed by atoms with Gasteiger partial charge in [0.15, 0.2) is 18.9 Å². The Morgan fingerprint density at radius 2 is 1.50 bits per heavy atom. The molecule has 7 fully saturated rings. The van der Waals surface area contributed by atoms with Gasteiger partial charge in [0.25, 0.3) is 0 Å². The average Bonchev–Trinajstić information content (AvgIpc) is 3.73. The lowest BCUT2D eigenvalue weighted by Gasteiger charge is -2.63.